The number of methoxy groups -OCH3 is 1. The van der Waals surface area contributed by atoms with Gasteiger partial charge in [-0.2, -0.15) is 0 Å². The van der Waals surface area contributed by atoms with Gasteiger partial charge in [0.25, 0.3) is 0 Å². The fourth-order valence-electron chi connectivity index (χ4n) is 2.17. The minimum Gasteiger partial charge on any atom is -0.495 e. The number of ether oxygens (including phenoxy) is 1. The number of nitrogens with zero attached hydrogens (tertiary/aromatic N) is 1. The molecule has 0 amide bonds. The minimum atomic E-state index is -3.72. The van der Waals surface area contributed by atoms with E-state index < -0.39 is 25.8 Å². The van der Waals surface area contributed by atoms with Gasteiger partial charge in [-0.15, -0.1) is 6.42 Å². The molecule has 0 atom stereocenters. The van der Waals surface area contributed by atoms with E-state index >= 15 is 0 Å². The molecule has 2 rings (SSSR count). The average Bonchev–Trinajstić information content (AvgIpc) is 2.77. The molecule has 120 valence electrons. The van der Waals surface area contributed by atoms with E-state index in [2.05, 4.69) is 10.6 Å². The summed E-state index contributed by atoms with van der Waals surface area (Å²) in [5.41, 5.74) is 0.536. The first-order valence-corrected chi connectivity index (χ1v) is 9.67. The van der Waals surface area contributed by atoms with Gasteiger partial charge in [0.2, 0.25) is 20.0 Å². The summed E-state index contributed by atoms with van der Waals surface area (Å²) in [5, 5.41) is 0. The number of hydrogen-bond acceptors (Lipinski definition) is 5. The van der Waals surface area contributed by atoms with Crippen molar-refractivity contribution in [1.82, 2.24) is 0 Å². The summed E-state index contributed by atoms with van der Waals surface area (Å²) in [6, 6.07) is 4.51. The van der Waals surface area contributed by atoms with Crippen LogP contribution in [0.4, 0.5) is 11.4 Å². The van der Waals surface area contributed by atoms with Crippen molar-refractivity contribution in [3.05, 3.63) is 18.2 Å². The molecule has 1 fully saturated rings. The zero-order valence-electron chi connectivity index (χ0n) is 11.9. The molecule has 1 aliphatic heterocycles. The topological polar surface area (TPSA) is 92.8 Å². The fourth-order valence-corrected chi connectivity index (χ4v) is 4.52. The Morgan fingerprint density at radius 3 is 2.73 bits per heavy atom. The molecule has 1 aromatic rings. The van der Waals surface area contributed by atoms with Crippen molar-refractivity contribution in [2.45, 2.75) is 6.42 Å². The van der Waals surface area contributed by atoms with E-state index in [1.165, 1.54) is 23.5 Å². The van der Waals surface area contributed by atoms with Crippen LogP contribution in [-0.2, 0) is 20.0 Å². The molecule has 7 nitrogen and oxygen atoms in total. The molecule has 1 aliphatic rings. The first kappa shape index (κ1) is 16.5. The van der Waals surface area contributed by atoms with Crippen molar-refractivity contribution in [1.29, 1.82) is 0 Å². The van der Waals surface area contributed by atoms with Gasteiger partial charge in [0.1, 0.15) is 11.5 Å². The lowest BCUT2D eigenvalue weighted by Gasteiger charge is -2.19. The Kier molecular flexibility index (Phi) is 4.53. The molecule has 0 aromatic heterocycles. The van der Waals surface area contributed by atoms with Crippen LogP contribution in [0.5, 0.6) is 5.75 Å². The predicted octanol–water partition coefficient (Wildman–Crippen LogP) is 0.610. The monoisotopic (exact) mass is 344 g/mol. The van der Waals surface area contributed by atoms with Crippen LogP contribution < -0.4 is 13.8 Å². The van der Waals surface area contributed by atoms with Gasteiger partial charge in [0, 0.05) is 6.54 Å². The van der Waals surface area contributed by atoms with Crippen LogP contribution in [-0.4, -0.2) is 42.0 Å². The summed E-state index contributed by atoms with van der Waals surface area (Å²) in [6.07, 6.45) is 5.55. The maximum atomic E-state index is 11.9. The normalized spacial score (nSPS) is 17.0. The number of hydrogen-bond donors (Lipinski definition) is 1. The molecule has 0 aliphatic carbocycles. The van der Waals surface area contributed by atoms with Crippen LogP contribution >= 0.6 is 0 Å². The summed E-state index contributed by atoms with van der Waals surface area (Å²) in [6.45, 7) is 0.366. The molecule has 0 radical (unpaired) electrons. The Balaban J connectivity index is 2.41. The third kappa shape index (κ3) is 3.45. The van der Waals surface area contributed by atoms with Crippen molar-refractivity contribution in [2.75, 3.05) is 34.2 Å². The molecule has 0 saturated carbocycles. The van der Waals surface area contributed by atoms with Crippen molar-refractivity contribution < 1.29 is 21.6 Å². The smallest absolute Gasteiger partial charge is 0.244 e. The molecule has 0 spiro atoms. The van der Waals surface area contributed by atoms with E-state index in [4.69, 9.17) is 11.2 Å². The van der Waals surface area contributed by atoms with Gasteiger partial charge in [-0.3, -0.25) is 9.03 Å². The zero-order valence-corrected chi connectivity index (χ0v) is 13.6. The highest BCUT2D eigenvalue weighted by atomic mass is 32.2. The van der Waals surface area contributed by atoms with Crippen LogP contribution in [0.2, 0.25) is 0 Å². The van der Waals surface area contributed by atoms with Gasteiger partial charge >= 0.3 is 0 Å². The van der Waals surface area contributed by atoms with E-state index in [1.54, 1.807) is 6.07 Å². The van der Waals surface area contributed by atoms with E-state index in [0.717, 1.165) is 0 Å². The Morgan fingerprint density at radius 2 is 2.18 bits per heavy atom. The van der Waals surface area contributed by atoms with Crippen LogP contribution in [0.25, 0.3) is 0 Å². The Hall–Kier alpha value is -1.92. The Morgan fingerprint density at radius 1 is 1.45 bits per heavy atom. The largest absolute Gasteiger partial charge is 0.495 e. The second-order valence-electron chi connectivity index (χ2n) is 4.69. The average molecular weight is 344 g/mol. The first-order chi connectivity index (χ1) is 10.3. The predicted molar refractivity (Wildman–Crippen MR) is 85.0 cm³/mol. The maximum Gasteiger partial charge on any atom is 0.244 e. The van der Waals surface area contributed by atoms with E-state index in [0.29, 0.717) is 18.7 Å². The summed E-state index contributed by atoms with van der Waals surface area (Å²) in [7, 11) is -5.68. The second-order valence-corrected chi connectivity index (χ2v) is 8.43. The second kappa shape index (κ2) is 6.06. The molecule has 0 bridgehead atoms. The van der Waals surface area contributed by atoms with Gasteiger partial charge in [-0.05, 0) is 24.6 Å². The summed E-state index contributed by atoms with van der Waals surface area (Å²) >= 11 is 0. The SMILES string of the molecule is C#CCS(=O)(=O)Nc1cc(N2CCCS2(=O)=O)ccc1OC. The van der Waals surface area contributed by atoms with Crippen molar-refractivity contribution in [3.63, 3.8) is 0 Å². The highest BCUT2D eigenvalue weighted by Gasteiger charge is 2.29. The fraction of sp³-hybridized carbons (Fsp3) is 0.385. The molecule has 0 unspecified atom stereocenters. The standard InChI is InChI=1S/C13H16N2O5S2/c1-3-8-21(16,17)14-12-10-11(5-6-13(12)20-2)15-7-4-9-22(15,18)19/h1,5-6,10,14H,4,7-9H2,2H3. The molecule has 1 aromatic carbocycles. The quantitative estimate of drug-likeness (QED) is 0.790. The lowest BCUT2D eigenvalue weighted by molar-refractivity contribution is 0.417. The Labute approximate surface area is 130 Å². The molecule has 1 heterocycles. The van der Waals surface area contributed by atoms with Crippen molar-refractivity contribution in [2.24, 2.45) is 0 Å². The lowest BCUT2D eigenvalue weighted by atomic mass is 10.2. The molecule has 1 saturated heterocycles. The van der Waals surface area contributed by atoms with E-state index in [1.807, 2.05) is 0 Å². The van der Waals surface area contributed by atoms with Crippen LogP contribution in [0.15, 0.2) is 18.2 Å². The minimum absolute atomic E-state index is 0.0805. The van der Waals surface area contributed by atoms with E-state index in [9.17, 15) is 16.8 Å². The van der Waals surface area contributed by atoms with Crippen LogP contribution in [0.1, 0.15) is 6.42 Å². The van der Waals surface area contributed by atoms with Crippen molar-refractivity contribution in [3.8, 4) is 18.1 Å². The van der Waals surface area contributed by atoms with Crippen LogP contribution in [0.3, 0.4) is 0 Å². The number of nitrogens with one attached hydrogen (secondary N) is 1. The molecular formula is C13H16N2O5S2. The third-order valence-corrected chi connectivity index (χ3v) is 6.06. The maximum absolute atomic E-state index is 11.9. The van der Waals surface area contributed by atoms with Gasteiger partial charge in [-0.25, -0.2) is 16.8 Å². The molecule has 1 N–H and O–H groups in total. The summed E-state index contributed by atoms with van der Waals surface area (Å²) in [4.78, 5) is 0. The highest BCUT2D eigenvalue weighted by Crippen LogP contribution is 2.33. The third-order valence-electron chi connectivity index (χ3n) is 3.11. The van der Waals surface area contributed by atoms with Gasteiger partial charge in [0.05, 0.1) is 24.2 Å². The molecule has 9 heteroatoms. The number of rotatable bonds is 5. The first-order valence-electron chi connectivity index (χ1n) is 6.41. The van der Waals surface area contributed by atoms with Gasteiger partial charge in [-0.1, -0.05) is 5.92 Å². The summed E-state index contributed by atoms with van der Waals surface area (Å²) in [5.74, 6) is 1.93. The van der Waals surface area contributed by atoms with Gasteiger partial charge in [0.15, 0.2) is 0 Å². The van der Waals surface area contributed by atoms with Gasteiger partial charge < -0.3 is 4.74 Å². The van der Waals surface area contributed by atoms with Crippen LogP contribution in [0, 0.1) is 12.3 Å². The van der Waals surface area contributed by atoms with E-state index in [-0.39, 0.29) is 17.2 Å². The zero-order chi connectivity index (χ0) is 16.4. The number of benzene rings is 1. The molecular weight excluding hydrogens is 328 g/mol. The summed E-state index contributed by atoms with van der Waals surface area (Å²) < 4.78 is 56.1. The highest BCUT2D eigenvalue weighted by molar-refractivity contribution is 7.93. The van der Waals surface area contributed by atoms with Crippen molar-refractivity contribution >= 4 is 31.4 Å². The number of sulfonamides is 2. The molecule has 22 heavy (non-hydrogen) atoms. The number of anilines is 2. The Bertz CT molecular complexity index is 809. The number of terminal acetylenes is 1. The lowest BCUT2D eigenvalue weighted by Crippen LogP contribution is -2.25.